The average Bonchev–Trinajstić information content (AvgIpc) is 3.00. The van der Waals surface area contributed by atoms with Crippen molar-refractivity contribution in [3.8, 4) is 0 Å². The Morgan fingerprint density at radius 3 is 2.00 bits per heavy atom. The molecule has 4 aliphatic rings. The summed E-state index contributed by atoms with van der Waals surface area (Å²) < 4.78 is 27.8. The van der Waals surface area contributed by atoms with Crippen LogP contribution in [-0.2, 0) is 38.0 Å². The molecule has 7 rings (SSSR count). The molecular formula is C39H49N3O4S. The van der Waals surface area contributed by atoms with Crippen LogP contribution < -0.4 is 9.62 Å². The van der Waals surface area contributed by atoms with Gasteiger partial charge in [0.1, 0.15) is 12.6 Å². The zero-order valence-corrected chi connectivity index (χ0v) is 29.0. The van der Waals surface area contributed by atoms with Gasteiger partial charge in [0, 0.05) is 19.0 Å². The van der Waals surface area contributed by atoms with Gasteiger partial charge in [-0.1, -0.05) is 72.3 Å². The fraction of sp³-hybridized carbons (Fsp3) is 0.487. The molecule has 4 bridgehead atoms. The maximum absolute atomic E-state index is 14.4. The lowest BCUT2D eigenvalue weighted by molar-refractivity contribution is -0.140. The van der Waals surface area contributed by atoms with Crippen LogP contribution in [0.3, 0.4) is 0 Å². The number of carbonyl (C=O) groups is 2. The van der Waals surface area contributed by atoms with Crippen LogP contribution in [0.4, 0.5) is 5.69 Å². The zero-order chi connectivity index (χ0) is 33.3. The number of carbonyl (C=O) groups excluding carboxylic acids is 2. The largest absolute Gasteiger partial charge is 0.352 e. The Morgan fingerprint density at radius 2 is 1.45 bits per heavy atom. The highest BCUT2D eigenvalue weighted by molar-refractivity contribution is 7.92. The predicted molar refractivity (Wildman–Crippen MR) is 187 cm³/mol. The molecule has 1 atom stereocenters. The van der Waals surface area contributed by atoms with Crippen molar-refractivity contribution in [2.75, 3.05) is 17.1 Å². The standard InChI is InChI=1S/C39H49N3O4S/c1-27(2)40-38(44)36(21-29-10-6-5-7-11-29)41(25-30-12-8-9-28(3)17-30)37(43)26-42(47(4,45)46)35-15-13-34(14-16-35)39-22-31-18-32(23-39)20-33(19-31)24-39/h5-17,27,31-33,36H,18-26H2,1-4H3,(H,40,44)/t31?,32?,33?,36-,39?/m1/s1. The molecule has 0 aromatic heterocycles. The predicted octanol–water partition coefficient (Wildman–Crippen LogP) is 6.39. The average molecular weight is 656 g/mol. The van der Waals surface area contributed by atoms with Gasteiger partial charge in [0.15, 0.2) is 0 Å². The minimum Gasteiger partial charge on any atom is -0.352 e. The van der Waals surface area contributed by atoms with Gasteiger partial charge in [-0.2, -0.15) is 0 Å². The summed E-state index contributed by atoms with van der Waals surface area (Å²) in [6, 6.07) is 24.5. The molecule has 2 amide bonds. The highest BCUT2D eigenvalue weighted by Crippen LogP contribution is 2.60. The molecule has 4 saturated carbocycles. The van der Waals surface area contributed by atoms with Gasteiger partial charge in [-0.15, -0.1) is 0 Å². The minimum atomic E-state index is -3.82. The molecule has 47 heavy (non-hydrogen) atoms. The van der Waals surface area contributed by atoms with Gasteiger partial charge >= 0.3 is 0 Å². The summed E-state index contributed by atoms with van der Waals surface area (Å²) in [7, 11) is -3.82. The van der Waals surface area contributed by atoms with Crippen LogP contribution in [0.1, 0.15) is 74.6 Å². The first-order valence-corrected chi connectivity index (χ1v) is 19.0. The lowest BCUT2D eigenvalue weighted by atomic mass is 9.48. The van der Waals surface area contributed by atoms with E-state index in [1.165, 1.54) is 48.4 Å². The van der Waals surface area contributed by atoms with E-state index in [4.69, 9.17) is 0 Å². The Kier molecular flexibility index (Phi) is 9.52. The molecule has 0 aliphatic heterocycles. The van der Waals surface area contributed by atoms with Crippen LogP contribution in [0.5, 0.6) is 0 Å². The number of hydrogen-bond donors (Lipinski definition) is 1. The molecule has 0 saturated heterocycles. The van der Waals surface area contributed by atoms with E-state index in [0.29, 0.717) is 12.1 Å². The second kappa shape index (κ2) is 13.5. The van der Waals surface area contributed by atoms with Crippen molar-refractivity contribution < 1.29 is 18.0 Å². The number of nitrogens with one attached hydrogen (secondary N) is 1. The normalized spacial score (nSPS) is 23.8. The van der Waals surface area contributed by atoms with Gasteiger partial charge in [0.2, 0.25) is 21.8 Å². The summed E-state index contributed by atoms with van der Waals surface area (Å²) >= 11 is 0. The van der Waals surface area contributed by atoms with E-state index in [0.717, 1.165) is 40.7 Å². The first kappa shape index (κ1) is 33.3. The van der Waals surface area contributed by atoms with Crippen molar-refractivity contribution in [2.24, 2.45) is 17.8 Å². The summed E-state index contributed by atoms with van der Waals surface area (Å²) in [5.74, 6) is 1.73. The minimum absolute atomic E-state index is 0.128. The number of benzene rings is 3. The van der Waals surface area contributed by atoms with Crippen LogP contribution in [-0.4, -0.2) is 50.0 Å². The van der Waals surface area contributed by atoms with Crippen molar-refractivity contribution in [1.29, 1.82) is 0 Å². The van der Waals surface area contributed by atoms with Crippen molar-refractivity contribution in [1.82, 2.24) is 10.2 Å². The Balaban J connectivity index is 1.31. The molecule has 0 unspecified atom stereocenters. The lowest BCUT2D eigenvalue weighted by Gasteiger charge is -2.57. The molecule has 3 aromatic rings. The number of sulfonamides is 1. The Hall–Kier alpha value is -3.65. The third-order valence-corrected chi connectivity index (χ3v) is 11.8. The SMILES string of the molecule is Cc1cccc(CN(C(=O)CN(c2ccc(C34CC5CC(CC(C5)C3)C4)cc2)S(C)(=O)=O)[C@H](Cc2ccccc2)C(=O)NC(C)C)c1. The van der Waals surface area contributed by atoms with Crippen LogP contribution in [0.15, 0.2) is 78.9 Å². The molecule has 4 fully saturated rings. The second-order valence-corrected chi connectivity index (χ2v) is 16.8. The summed E-state index contributed by atoms with van der Waals surface area (Å²) in [5, 5.41) is 3.01. The van der Waals surface area contributed by atoms with Crippen molar-refractivity contribution in [3.05, 3.63) is 101 Å². The number of nitrogens with zero attached hydrogens (tertiary/aromatic N) is 2. The van der Waals surface area contributed by atoms with E-state index in [1.54, 1.807) is 4.90 Å². The molecule has 0 heterocycles. The van der Waals surface area contributed by atoms with E-state index >= 15 is 0 Å². The summed E-state index contributed by atoms with van der Waals surface area (Å²) in [6.07, 6.45) is 9.20. The van der Waals surface area contributed by atoms with Crippen LogP contribution in [0.2, 0.25) is 0 Å². The Morgan fingerprint density at radius 1 is 0.851 bits per heavy atom. The smallest absolute Gasteiger partial charge is 0.244 e. The molecule has 4 aliphatic carbocycles. The number of amides is 2. The van der Waals surface area contributed by atoms with Crippen molar-refractivity contribution in [3.63, 3.8) is 0 Å². The quantitative estimate of drug-likeness (QED) is 0.245. The van der Waals surface area contributed by atoms with Gasteiger partial charge in [-0.3, -0.25) is 13.9 Å². The van der Waals surface area contributed by atoms with E-state index < -0.39 is 28.5 Å². The van der Waals surface area contributed by atoms with E-state index in [1.807, 2.05) is 87.5 Å². The number of anilines is 1. The fourth-order valence-corrected chi connectivity index (χ4v) is 9.85. The first-order valence-electron chi connectivity index (χ1n) is 17.2. The van der Waals surface area contributed by atoms with Crippen LogP contribution in [0.25, 0.3) is 0 Å². The molecule has 0 radical (unpaired) electrons. The lowest BCUT2D eigenvalue weighted by Crippen LogP contribution is -2.54. The Labute approximate surface area is 280 Å². The topological polar surface area (TPSA) is 86.8 Å². The highest BCUT2D eigenvalue weighted by Gasteiger charge is 2.51. The monoisotopic (exact) mass is 655 g/mol. The van der Waals surface area contributed by atoms with E-state index in [-0.39, 0.29) is 23.9 Å². The summed E-state index contributed by atoms with van der Waals surface area (Å²) in [5.41, 5.74) is 4.79. The molecule has 7 nitrogen and oxygen atoms in total. The molecule has 1 N–H and O–H groups in total. The van der Waals surface area contributed by atoms with Crippen molar-refractivity contribution >= 4 is 27.5 Å². The number of aryl methyl sites for hydroxylation is 1. The summed E-state index contributed by atoms with van der Waals surface area (Å²) in [6.45, 7) is 5.54. The van der Waals surface area contributed by atoms with E-state index in [2.05, 4.69) is 17.4 Å². The maximum Gasteiger partial charge on any atom is 0.244 e. The van der Waals surface area contributed by atoms with Gasteiger partial charge in [-0.05, 0) is 111 Å². The molecule has 3 aromatic carbocycles. The van der Waals surface area contributed by atoms with E-state index in [9.17, 15) is 18.0 Å². The Bertz CT molecular complexity index is 1650. The first-order chi connectivity index (χ1) is 22.4. The van der Waals surface area contributed by atoms with Gasteiger partial charge < -0.3 is 10.2 Å². The third kappa shape index (κ3) is 7.58. The number of hydrogen-bond acceptors (Lipinski definition) is 4. The molecular weight excluding hydrogens is 607 g/mol. The van der Waals surface area contributed by atoms with Crippen LogP contribution in [0, 0.1) is 24.7 Å². The molecule has 250 valence electrons. The second-order valence-electron chi connectivity index (χ2n) is 14.9. The van der Waals surface area contributed by atoms with Crippen LogP contribution >= 0.6 is 0 Å². The summed E-state index contributed by atoms with van der Waals surface area (Å²) in [4.78, 5) is 29.8. The zero-order valence-electron chi connectivity index (χ0n) is 28.2. The fourth-order valence-electron chi connectivity index (χ4n) is 9.00. The van der Waals surface area contributed by atoms with Crippen molar-refractivity contribution in [2.45, 2.75) is 89.8 Å². The van der Waals surface area contributed by atoms with Gasteiger partial charge in [0.05, 0.1) is 11.9 Å². The third-order valence-electron chi connectivity index (χ3n) is 10.6. The molecule has 8 heteroatoms. The highest BCUT2D eigenvalue weighted by atomic mass is 32.2. The van der Waals surface area contributed by atoms with Gasteiger partial charge in [-0.25, -0.2) is 8.42 Å². The van der Waals surface area contributed by atoms with Gasteiger partial charge in [0.25, 0.3) is 0 Å². The maximum atomic E-state index is 14.4. The number of rotatable bonds is 12. The molecule has 0 spiro atoms.